The number of hydrogen-bond donors (Lipinski definition) is 1. The van der Waals surface area contributed by atoms with E-state index in [2.05, 4.69) is 25.7 Å². The molecule has 0 saturated carbocycles. The number of fused-ring (bicyclic) bond motifs is 1. The third kappa shape index (κ3) is 1.95. The Balaban J connectivity index is 2.39. The van der Waals surface area contributed by atoms with Crippen LogP contribution in [0.2, 0.25) is 0 Å². The number of aromatic carboxylic acids is 1. The van der Waals surface area contributed by atoms with Crippen LogP contribution < -0.4 is 0 Å². The molecule has 3 nitrogen and oxygen atoms in total. The molecule has 3 heteroatoms. The molecule has 1 aliphatic heterocycles. The molecule has 2 atom stereocenters. The monoisotopic (exact) mass is 233 g/mol. The van der Waals surface area contributed by atoms with Crippen molar-refractivity contribution in [1.82, 2.24) is 4.90 Å². The van der Waals surface area contributed by atoms with Crippen LogP contribution in [0.25, 0.3) is 0 Å². The number of carbonyl (C=O) groups is 1. The summed E-state index contributed by atoms with van der Waals surface area (Å²) in [6.07, 6.45) is 1.12. The van der Waals surface area contributed by atoms with E-state index in [1.54, 1.807) is 6.07 Å². The Morgan fingerprint density at radius 2 is 1.94 bits per heavy atom. The van der Waals surface area contributed by atoms with Crippen molar-refractivity contribution in [3.05, 3.63) is 34.9 Å². The molecule has 1 N–H and O–H groups in total. The van der Waals surface area contributed by atoms with Crippen LogP contribution in [0.15, 0.2) is 18.2 Å². The largest absolute Gasteiger partial charge is 0.478 e. The number of benzene rings is 1. The highest BCUT2D eigenvalue weighted by molar-refractivity contribution is 5.88. The molecular formula is C14H19NO2. The van der Waals surface area contributed by atoms with E-state index in [1.807, 2.05) is 12.1 Å². The summed E-state index contributed by atoms with van der Waals surface area (Å²) in [5.74, 6) is -0.846. The zero-order valence-corrected chi connectivity index (χ0v) is 10.6. The first-order valence-corrected chi connectivity index (χ1v) is 6.19. The maximum absolute atomic E-state index is 11.0. The smallest absolute Gasteiger partial charge is 0.335 e. The molecule has 2 rings (SSSR count). The fourth-order valence-electron chi connectivity index (χ4n) is 2.79. The van der Waals surface area contributed by atoms with Crippen molar-refractivity contribution in [2.75, 3.05) is 6.54 Å². The van der Waals surface area contributed by atoms with Gasteiger partial charge in [-0.3, -0.25) is 4.90 Å². The van der Waals surface area contributed by atoms with Gasteiger partial charge >= 0.3 is 5.97 Å². The van der Waals surface area contributed by atoms with Crippen molar-refractivity contribution in [3.8, 4) is 0 Å². The summed E-state index contributed by atoms with van der Waals surface area (Å²) in [5.41, 5.74) is 2.84. The second kappa shape index (κ2) is 4.49. The first-order chi connectivity index (χ1) is 8.06. The van der Waals surface area contributed by atoms with Crippen molar-refractivity contribution in [1.29, 1.82) is 0 Å². The first kappa shape index (κ1) is 12.1. The summed E-state index contributed by atoms with van der Waals surface area (Å²) < 4.78 is 0. The lowest BCUT2D eigenvalue weighted by Crippen LogP contribution is -2.23. The lowest BCUT2D eigenvalue weighted by molar-refractivity contribution is 0.0696. The Morgan fingerprint density at radius 3 is 2.53 bits per heavy atom. The highest BCUT2D eigenvalue weighted by Gasteiger charge is 2.32. The second-order valence-corrected chi connectivity index (χ2v) is 4.74. The maximum atomic E-state index is 11.0. The Hall–Kier alpha value is -1.35. The van der Waals surface area contributed by atoms with Crippen molar-refractivity contribution < 1.29 is 9.90 Å². The molecule has 0 bridgehead atoms. The lowest BCUT2D eigenvalue weighted by Gasteiger charge is -2.25. The Bertz CT molecular complexity index is 442. The molecule has 17 heavy (non-hydrogen) atoms. The van der Waals surface area contributed by atoms with Gasteiger partial charge in [-0.05, 0) is 50.1 Å². The van der Waals surface area contributed by atoms with E-state index in [9.17, 15) is 4.79 Å². The SMILES string of the molecule is CCCN1C(C)c2ccc(C(=O)O)cc2C1C. The van der Waals surface area contributed by atoms with Crippen LogP contribution in [0.4, 0.5) is 0 Å². The minimum Gasteiger partial charge on any atom is -0.478 e. The van der Waals surface area contributed by atoms with Gasteiger partial charge in [0.2, 0.25) is 0 Å². The third-order valence-corrected chi connectivity index (χ3v) is 3.71. The highest BCUT2D eigenvalue weighted by Crippen LogP contribution is 2.41. The quantitative estimate of drug-likeness (QED) is 0.871. The molecule has 0 radical (unpaired) electrons. The zero-order chi connectivity index (χ0) is 12.6. The van der Waals surface area contributed by atoms with Crippen LogP contribution in [0.5, 0.6) is 0 Å². The van der Waals surface area contributed by atoms with Crippen molar-refractivity contribution in [2.45, 2.75) is 39.3 Å². The molecule has 0 saturated heterocycles. The fourth-order valence-corrected chi connectivity index (χ4v) is 2.79. The van der Waals surface area contributed by atoms with Gasteiger partial charge in [-0.1, -0.05) is 13.0 Å². The first-order valence-electron chi connectivity index (χ1n) is 6.19. The second-order valence-electron chi connectivity index (χ2n) is 4.74. The van der Waals surface area contributed by atoms with Crippen LogP contribution >= 0.6 is 0 Å². The van der Waals surface area contributed by atoms with Crippen molar-refractivity contribution >= 4 is 5.97 Å². The molecule has 92 valence electrons. The molecule has 0 spiro atoms. The number of carboxylic acid groups (broad SMARTS) is 1. The highest BCUT2D eigenvalue weighted by atomic mass is 16.4. The minimum atomic E-state index is -0.846. The third-order valence-electron chi connectivity index (χ3n) is 3.71. The number of hydrogen-bond acceptors (Lipinski definition) is 2. The van der Waals surface area contributed by atoms with Crippen LogP contribution in [-0.4, -0.2) is 22.5 Å². The van der Waals surface area contributed by atoms with Gasteiger partial charge in [0, 0.05) is 12.1 Å². The van der Waals surface area contributed by atoms with Crippen LogP contribution in [0.3, 0.4) is 0 Å². The summed E-state index contributed by atoms with van der Waals surface area (Å²) >= 11 is 0. The van der Waals surface area contributed by atoms with E-state index in [1.165, 1.54) is 11.1 Å². The molecule has 1 aromatic carbocycles. The summed E-state index contributed by atoms with van der Waals surface area (Å²) in [4.78, 5) is 13.4. The molecule has 1 aromatic rings. The lowest BCUT2D eigenvalue weighted by atomic mass is 10.0. The van der Waals surface area contributed by atoms with Crippen LogP contribution in [0.1, 0.15) is 60.8 Å². The van der Waals surface area contributed by atoms with Gasteiger partial charge < -0.3 is 5.11 Å². The average Bonchev–Trinajstić information content (AvgIpc) is 2.54. The van der Waals surface area contributed by atoms with E-state index in [0.29, 0.717) is 17.6 Å². The topological polar surface area (TPSA) is 40.5 Å². The maximum Gasteiger partial charge on any atom is 0.335 e. The number of rotatable bonds is 3. The number of carboxylic acids is 1. The van der Waals surface area contributed by atoms with Crippen LogP contribution in [0, 0.1) is 0 Å². The van der Waals surface area contributed by atoms with E-state index in [4.69, 9.17) is 5.11 Å². The number of nitrogens with zero attached hydrogens (tertiary/aromatic N) is 1. The van der Waals surface area contributed by atoms with Gasteiger partial charge in [0.1, 0.15) is 0 Å². The summed E-state index contributed by atoms with van der Waals surface area (Å²) in [6, 6.07) is 6.21. The predicted octanol–water partition coefficient (Wildman–Crippen LogP) is 3.23. The van der Waals surface area contributed by atoms with Gasteiger partial charge in [-0.2, -0.15) is 0 Å². The Morgan fingerprint density at radius 1 is 1.29 bits per heavy atom. The molecule has 0 fully saturated rings. The Labute approximate surface area is 102 Å². The molecule has 0 aliphatic carbocycles. The summed E-state index contributed by atoms with van der Waals surface area (Å²) in [7, 11) is 0. The van der Waals surface area contributed by atoms with Gasteiger partial charge in [0.15, 0.2) is 0 Å². The van der Waals surface area contributed by atoms with E-state index in [-0.39, 0.29) is 0 Å². The molecular weight excluding hydrogens is 214 g/mol. The summed E-state index contributed by atoms with van der Waals surface area (Å²) in [5, 5.41) is 9.02. The van der Waals surface area contributed by atoms with E-state index < -0.39 is 5.97 Å². The van der Waals surface area contributed by atoms with Crippen LogP contribution in [-0.2, 0) is 0 Å². The standard InChI is InChI=1S/C14H19NO2/c1-4-7-15-9(2)12-6-5-11(14(16)17)8-13(12)10(15)3/h5-6,8-10H,4,7H2,1-3H3,(H,16,17). The summed E-state index contributed by atoms with van der Waals surface area (Å²) in [6.45, 7) is 7.58. The van der Waals surface area contributed by atoms with E-state index >= 15 is 0 Å². The average molecular weight is 233 g/mol. The Kier molecular flexibility index (Phi) is 3.20. The van der Waals surface area contributed by atoms with Gasteiger partial charge in [-0.25, -0.2) is 4.79 Å². The van der Waals surface area contributed by atoms with Gasteiger partial charge in [-0.15, -0.1) is 0 Å². The molecule has 1 heterocycles. The molecule has 0 aromatic heterocycles. The molecule has 0 amide bonds. The van der Waals surface area contributed by atoms with E-state index in [0.717, 1.165) is 13.0 Å². The molecule has 2 unspecified atom stereocenters. The van der Waals surface area contributed by atoms with Gasteiger partial charge in [0.25, 0.3) is 0 Å². The van der Waals surface area contributed by atoms with Gasteiger partial charge in [0.05, 0.1) is 5.56 Å². The zero-order valence-electron chi connectivity index (χ0n) is 10.6. The molecule has 1 aliphatic rings. The normalized spacial score (nSPS) is 23.7. The van der Waals surface area contributed by atoms with Crippen molar-refractivity contribution in [3.63, 3.8) is 0 Å². The fraction of sp³-hybridized carbons (Fsp3) is 0.500. The minimum absolute atomic E-state index is 0.319. The predicted molar refractivity (Wildman–Crippen MR) is 67.2 cm³/mol. The van der Waals surface area contributed by atoms with Crippen molar-refractivity contribution in [2.24, 2.45) is 0 Å².